The number of aromatic nitrogens is 2. The first-order chi connectivity index (χ1) is 18.0. The van der Waals surface area contributed by atoms with Crippen LogP contribution in [0.5, 0.6) is 5.75 Å². The second kappa shape index (κ2) is 11.0. The standard InChI is InChI=1S/C28H33ClN4O4/c1-2-3-4-14-37-24-15-21(8-9-22(24)19-6-7-19)33-13-5-12-31(28(33)36)16-20-10-11-30-27-26(20)23(29)17-32(27)18-25(34)35/h8-11,15,17,19H,2-7,12-14,16,18H2,1H3,(H,34,35). The minimum Gasteiger partial charge on any atom is -0.493 e. The molecular weight excluding hydrogens is 492 g/mol. The highest BCUT2D eigenvalue weighted by molar-refractivity contribution is 6.35. The lowest BCUT2D eigenvalue weighted by Crippen LogP contribution is -2.49. The van der Waals surface area contributed by atoms with Crippen molar-refractivity contribution >= 4 is 40.3 Å². The zero-order chi connectivity index (χ0) is 25.9. The van der Waals surface area contributed by atoms with E-state index in [9.17, 15) is 14.7 Å². The number of urea groups is 1. The van der Waals surface area contributed by atoms with E-state index in [0.29, 0.717) is 48.2 Å². The molecule has 5 rings (SSSR count). The molecule has 2 aromatic heterocycles. The Labute approximate surface area is 221 Å². The van der Waals surface area contributed by atoms with Gasteiger partial charge in [-0.3, -0.25) is 9.69 Å². The van der Waals surface area contributed by atoms with Gasteiger partial charge < -0.3 is 19.3 Å². The molecule has 2 amide bonds. The number of carboxylic acids is 1. The molecule has 0 spiro atoms. The molecule has 0 bridgehead atoms. The topological polar surface area (TPSA) is 87.9 Å². The third kappa shape index (κ3) is 5.54. The molecule has 0 atom stereocenters. The summed E-state index contributed by atoms with van der Waals surface area (Å²) in [7, 11) is 0. The number of hydrogen-bond acceptors (Lipinski definition) is 4. The number of nitrogens with zero attached hydrogens (tertiary/aromatic N) is 4. The first-order valence-corrected chi connectivity index (χ1v) is 13.5. The fraction of sp³-hybridized carbons (Fsp3) is 0.464. The Kier molecular flexibility index (Phi) is 7.55. The lowest BCUT2D eigenvalue weighted by atomic mass is 10.1. The summed E-state index contributed by atoms with van der Waals surface area (Å²) in [5.41, 5.74) is 3.46. The number of unbranched alkanes of at least 4 members (excludes halogenated alkanes) is 2. The fourth-order valence-corrected chi connectivity index (χ4v) is 5.41. The number of hydrogen-bond donors (Lipinski definition) is 1. The average molecular weight is 525 g/mol. The fourth-order valence-electron chi connectivity index (χ4n) is 5.08. The number of aliphatic carboxylic acids is 1. The molecule has 196 valence electrons. The van der Waals surface area contributed by atoms with Crippen molar-refractivity contribution in [1.82, 2.24) is 14.5 Å². The van der Waals surface area contributed by atoms with E-state index in [0.717, 1.165) is 42.7 Å². The number of fused-ring (bicyclic) bond motifs is 1. The number of rotatable bonds is 11. The summed E-state index contributed by atoms with van der Waals surface area (Å²) in [5, 5.41) is 10.3. The SMILES string of the molecule is CCCCCOc1cc(N2CCCN(Cc3ccnc4c3c(Cl)cn4CC(=O)O)C2=O)ccc1C1CC1. The predicted octanol–water partition coefficient (Wildman–Crippen LogP) is 6.05. The van der Waals surface area contributed by atoms with E-state index < -0.39 is 5.97 Å². The lowest BCUT2D eigenvalue weighted by molar-refractivity contribution is -0.137. The molecule has 2 aliphatic rings. The molecule has 1 saturated heterocycles. The highest BCUT2D eigenvalue weighted by atomic mass is 35.5. The van der Waals surface area contributed by atoms with E-state index in [1.807, 2.05) is 28.0 Å². The molecule has 2 fully saturated rings. The van der Waals surface area contributed by atoms with Crippen molar-refractivity contribution in [3.8, 4) is 5.75 Å². The molecule has 1 N–H and O–H groups in total. The second-order valence-corrected chi connectivity index (χ2v) is 10.3. The van der Waals surface area contributed by atoms with Crippen LogP contribution in [0.4, 0.5) is 10.5 Å². The highest BCUT2D eigenvalue weighted by Gasteiger charge is 2.31. The van der Waals surface area contributed by atoms with Crippen LogP contribution in [-0.2, 0) is 17.9 Å². The zero-order valence-electron chi connectivity index (χ0n) is 21.2. The number of carbonyl (C=O) groups is 2. The molecule has 0 unspecified atom stereocenters. The summed E-state index contributed by atoms with van der Waals surface area (Å²) in [6.45, 7) is 4.29. The van der Waals surface area contributed by atoms with E-state index in [4.69, 9.17) is 16.3 Å². The van der Waals surface area contributed by atoms with E-state index in [1.54, 1.807) is 12.4 Å². The number of ether oxygens (including phenoxy) is 1. The van der Waals surface area contributed by atoms with Gasteiger partial charge in [0.05, 0.1) is 11.6 Å². The van der Waals surface area contributed by atoms with Gasteiger partial charge in [0.1, 0.15) is 17.9 Å². The largest absolute Gasteiger partial charge is 0.493 e. The monoisotopic (exact) mass is 524 g/mol. The molecule has 37 heavy (non-hydrogen) atoms. The highest BCUT2D eigenvalue weighted by Crippen LogP contribution is 2.45. The number of halogens is 1. The summed E-state index contributed by atoms with van der Waals surface area (Å²) in [6, 6.07) is 7.99. The van der Waals surface area contributed by atoms with Crippen LogP contribution in [-0.4, -0.2) is 51.3 Å². The van der Waals surface area contributed by atoms with Crippen molar-refractivity contribution in [2.75, 3.05) is 24.6 Å². The van der Waals surface area contributed by atoms with E-state index in [-0.39, 0.29) is 12.6 Å². The van der Waals surface area contributed by atoms with Crippen LogP contribution in [0.3, 0.4) is 0 Å². The maximum atomic E-state index is 13.6. The van der Waals surface area contributed by atoms with Crippen molar-refractivity contribution in [3.05, 3.63) is 52.8 Å². The van der Waals surface area contributed by atoms with Gasteiger partial charge in [-0.25, -0.2) is 9.78 Å². The van der Waals surface area contributed by atoms with Gasteiger partial charge in [-0.1, -0.05) is 37.4 Å². The Morgan fingerprint density at radius 2 is 2.05 bits per heavy atom. The van der Waals surface area contributed by atoms with Crippen molar-refractivity contribution in [3.63, 3.8) is 0 Å². The van der Waals surface area contributed by atoms with Crippen molar-refractivity contribution in [2.45, 2.75) is 64.5 Å². The van der Waals surface area contributed by atoms with Gasteiger partial charge in [-0.2, -0.15) is 0 Å². The Balaban J connectivity index is 1.36. The molecule has 3 heterocycles. The summed E-state index contributed by atoms with van der Waals surface area (Å²) >= 11 is 6.49. The quantitative estimate of drug-likeness (QED) is 0.308. The lowest BCUT2D eigenvalue weighted by Gasteiger charge is -2.36. The average Bonchev–Trinajstić information content (AvgIpc) is 3.67. The number of pyridine rings is 1. The normalized spacial score (nSPS) is 16.0. The Bertz CT molecular complexity index is 1300. The maximum absolute atomic E-state index is 13.6. The minimum atomic E-state index is -0.968. The number of amides is 2. The molecule has 0 radical (unpaired) electrons. The summed E-state index contributed by atoms with van der Waals surface area (Å²) in [5.74, 6) is 0.503. The van der Waals surface area contributed by atoms with E-state index >= 15 is 0 Å². The molecule has 9 heteroatoms. The first kappa shape index (κ1) is 25.4. The zero-order valence-corrected chi connectivity index (χ0v) is 21.9. The van der Waals surface area contributed by atoms with E-state index in [1.165, 1.54) is 23.0 Å². The number of carbonyl (C=O) groups excluding carboxylic acids is 1. The number of benzene rings is 1. The van der Waals surface area contributed by atoms with Gasteiger partial charge in [0, 0.05) is 49.2 Å². The Hall–Kier alpha value is -3.26. The van der Waals surface area contributed by atoms with Gasteiger partial charge >= 0.3 is 12.0 Å². The number of anilines is 1. The van der Waals surface area contributed by atoms with Gasteiger partial charge in [0.25, 0.3) is 0 Å². The van der Waals surface area contributed by atoms with Crippen molar-refractivity contribution < 1.29 is 19.4 Å². The van der Waals surface area contributed by atoms with Crippen LogP contribution in [0, 0.1) is 0 Å². The second-order valence-electron chi connectivity index (χ2n) is 9.93. The smallest absolute Gasteiger partial charge is 0.324 e. The maximum Gasteiger partial charge on any atom is 0.324 e. The summed E-state index contributed by atoms with van der Waals surface area (Å²) < 4.78 is 7.73. The molecule has 1 aromatic carbocycles. The van der Waals surface area contributed by atoms with Crippen LogP contribution in [0.25, 0.3) is 11.0 Å². The first-order valence-electron chi connectivity index (χ1n) is 13.1. The van der Waals surface area contributed by atoms with Crippen LogP contribution < -0.4 is 9.64 Å². The Morgan fingerprint density at radius 3 is 2.81 bits per heavy atom. The third-order valence-corrected chi connectivity index (χ3v) is 7.39. The van der Waals surface area contributed by atoms with Crippen molar-refractivity contribution in [1.29, 1.82) is 0 Å². The van der Waals surface area contributed by atoms with Crippen molar-refractivity contribution in [2.24, 2.45) is 0 Å². The minimum absolute atomic E-state index is 0.0617. The van der Waals surface area contributed by atoms with Gasteiger partial charge in [0.15, 0.2) is 0 Å². The molecule has 3 aromatic rings. The van der Waals surface area contributed by atoms with Gasteiger partial charge in [-0.05, 0) is 54.9 Å². The van der Waals surface area contributed by atoms with Gasteiger partial charge in [0.2, 0.25) is 0 Å². The molecular formula is C28H33ClN4O4. The van der Waals surface area contributed by atoms with E-state index in [2.05, 4.69) is 18.0 Å². The molecule has 8 nitrogen and oxygen atoms in total. The van der Waals surface area contributed by atoms with Crippen LogP contribution in [0.1, 0.15) is 62.5 Å². The summed E-state index contributed by atoms with van der Waals surface area (Å²) in [6.07, 6.45) is 9.77. The predicted molar refractivity (Wildman–Crippen MR) is 144 cm³/mol. The molecule has 1 aliphatic carbocycles. The van der Waals surface area contributed by atoms with Crippen LogP contribution in [0.2, 0.25) is 5.02 Å². The number of carboxylic acid groups (broad SMARTS) is 1. The molecule has 1 saturated carbocycles. The Morgan fingerprint density at radius 1 is 1.22 bits per heavy atom. The van der Waals surface area contributed by atoms with Crippen LogP contribution in [0.15, 0.2) is 36.7 Å². The van der Waals surface area contributed by atoms with Gasteiger partial charge in [-0.15, -0.1) is 0 Å². The summed E-state index contributed by atoms with van der Waals surface area (Å²) in [4.78, 5) is 32.9. The third-order valence-electron chi connectivity index (χ3n) is 7.11. The van der Waals surface area contributed by atoms with Crippen LogP contribution >= 0.6 is 11.6 Å². The molecule has 1 aliphatic heterocycles.